The van der Waals surface area contributed by atoms with Crippen molar-refractivity contribution in [2.24, 2.45) is 0 Å². The summed E-state index contributed by atoms with van der Waals surface area (Å²) in [6, 6.07) is 13.1. The van der Waals surface area contributed by atoms with Crippen LogP contribution in [0.4, 0.5) is 5.69 Å². The molecule has 1 amide bonds. The number of hydrogen-bond acceptors (Lipinski definition) is 3. The van der Waals surface area contributed by atoms with Gasteiger partial charge in [-0.15, -0.1) is 0 Å². The Bertz CT molecular complexity index is 695. The minimum atomic E-state index is -0.186. The van der Waals surface area contributed by atoms with E-state index in [9.17, 15) is 4.79 Å². The molecule has 0 aliphatic carbocycles. The maximum Gasteiger partial charge on any atom is 0.259 e. The highest BCUT2D eigenvalue weighted by atomic mass is 16.5. The first-order valence-corrected chi connectivity index (χ1v) is 8.36. The molecule has 4 heteroatoms. The number of amides is 1. The number of ether oxygens (including phenoxy) is 2. The molecular weight excluding hydrogens is 302 g/mol. The van der Waals surface area contributed by atoms with Crippen LogP contribution in [0.1, 0.15) is 49.5 Å². The quantitative estimate of drug-likeness (QED) is 0.790. The van der Waals surface area contributed by atoms with E-state index in [0.717, 1.165) is 11.3 Å². The van der Waals surface area contributed by atoms with Gasteiger partial charge in [-0.1, -0.05) is 32.0 Å². The number of hydrogen-bond donors (Lipinski definition) is 1. The number of benzene rings is 2. The molecule has 24 heavy (non-hydrogen) atoms. The molecule has 0 saturated carbocycles. The summed E-state index contributed by atoms with van der Waals surface area (Å²) < 4.78 is 11.1. The van der Waals surface area contributed by atoms with E-state index >= 15 is 0 Å². The third-order valence-corrected chi connectivity index (χ3v) is 3.64. The Kier molecular flexibility index (Phi) is 6.24. The average Bonchev–Trinajstić information content (AvgIpc) is 2.56. The molecule has 0 bridgehead atoms. The van der Waals surface area contributed by atoms with Crippen LogP contribution in [0.15, 0.2) is 42.5 Å². The zero-order chi connectivity index (χ0) is 17.5. The molecule has 128 valence electrons. The highest BCUT2D eigenvalue weighted by molar-refractivity contribution is 6.06. The molecule has 2 aromatic rings. The van der Waals surface area contributed by atoms with Crippen molar-refractivity contribution in [2.75, 3.05) is 18.5 Å². The van der Waals surface area contributed by atoms with E-state index in [1.165, 1.54) is 0 Å². The van der Waals surface area contributed by atoms with Gasteiger partial charge in [0.15, 0.2) is 0 Å². The SMILES string of the molecule is CCOc1ccc(C(=O)Nc2ccccc2C(C)C)c(OCC)c1. The first kappa shape index (κ1) is 17.9. The smallest absolute Gasteiger partial charge is 0.259 e. The van der Waals surface area contributed by atoms with Crippen LogP contribution < -0.4 is 14.8 Å². The number of rotatable bonds is 7. The van der Waals surface area contributed by atoms with Crippen LogP contribution in [0, 0.1) is 0 Å². The van der Waals surface area contributed by atoms with Gasteiger partial charge in [-0.25, -0.2) is 0 Å². The van der Waals surface area contributed by atoms with Crippen molar-refractivity contribution in [1.82, 2.24) is 0 Å². The lowest BCUT2D eigenvalue weighted by Crippen LogP contribution is -2.15. The molecular formula is C20H25NO3. The van der Waals surface area contributed by atoms with Crippen molar-refractivity contribution >= 4 is 11.6 Å². The van der Waals surface area contributed by atoms with Crippen LogP contribution >= 0.6 is 0 Å². The second kappa shape index (κ2) is 8.39. The summed E-state index contributed by atoms with van der Waals surface area (Å²) in [7, 11) is 0. The summed E-state index contributed by atoms with van der Waals surface area (Å²) in [5, 5.41) is 3.00. The Morgan fingerprint density at radius 1 is 1.04 bits per heavy atom. The Morgan fingerprint density at radius 2 is 1.75 bits per heavy atom. The standard InChI is InChI=1S/C20H25NO3/c1-5-23-15-11-12-17(19(13-15)24-6-2)20(22)21-18-10-8-7-9-16(18)14(3)4/h7-14H,5-6H2,1-4H3,(H,21,22). The lowest BCUT2D eigenvalue weighted by atomic mass is 10.0. The molecule has 0 heterocycles. The first-order chi connectivity index (χ1) is 11.6. The van der Waals surface area contributed by atoms with Gasteiger partial charge < -0.3 is 14.8 Å². The Hall–Kier alpha value is -2.49. The fourth-order valence-corrected chi connectivity index (χ4v) is 2.53. The van der Waals surface area contributed by atoms with Crippen LogP contribution in [0.5, 0.6) is 11.5 Å². The van der Waals surface area contributed by atoms with E-state index in [4.69, 9.17) is 9.47 Å². The topological polar surface area (TPSA) is 47.6 Å². The Morgan fingerprint density at radius 3 is 2.42 bits per heavy atom. The molecule has 0 saturated heterocycles. The second-order valence-electron chi connectivity index (χ2n) is 5.72. The van der Waals surface area contributed by atoms with Crippen LogP contribution in [0.3, 0.4) is 0 Å². The predicted octanol–water partition coefficient (Wildman–Crippen LogP) is 4.86. The minimum absolute atomic E-state index is 0.186. The zero-order valence-corrected chi connectivity index (χ0v) is 14.8. The summed E-state index contributed by atoms with van der Waals surface area (Å²) in [5.74, 6) is 1.37. The van der Waals surface area contributed by atoms with Gasteiger partial charge in [0.1, 0.15) is 11.5 Å². The predicted molar refractivity (Wildman–Crippen MR) is 97.3 cm³/mol. The van der Waals surface area contributed by atoms with Crippen molar-refractivity contribution in [1.29, 1.82) is 0 Å². The molecule has 0 radical (unpaired) electrons. The second-order valence-corrected chi connectivity index (χ2v) is 5.72. The van der Waals surface area contributed by atoms with Gasteiger partial charge >= 0.3 is 0 Å². The summed E-state index contributed by atoms with van der Waals surface area (Å²) >= 11 is 0. The van der Waals surface area contributed by atoms with Gasteiger partial charge in [-0.05, 0) is 43.5 Å². The summed E-state index contributed by atoms with van der Waals surface area (Å²) in [6.45, 7) is 9.07. The van der Waals surface area contributed by atoms with E-state index < -0.39 is 0 Å². The Balaban J connectivity index is 2.29. The average molecular weight is 327 g/mol. The molecule has 0 spiro atoms. The fourth-order valence-electron chi connectivity index (χ4n) is 2.53. The van der Waals surface area contributed by atoms with E-state index in [-0.39, 0.29) is 5.91 Å². The lowest BCUT2D eigenvalue weighted by Gasteiger charge is -2.16. The number of para-hydroxylation sites is 1. The number of nitrogens with one attached hydrogen (secondary N) is 1. The highest BCUT2D eigenvalue weighted by Gasteiger charge is 2.16. The van der Waals surface area contributed by atoms with Crippen molar-refractivity contribution in [3.05, 3.63) is 53.6 Å². The van der Waals surface area contributed by atoms with Gasteiger partial charge in [0.25, 0.3) is 5.91 Å². The first-order valence-electron chi connectivity index (χ1n) is 8.36. The van der Waals surface area contributed by atoms with Crippen LogP contribution in [-0.2, 0) is 0 Å². The molecule has 0 unspecified atom stereocenters. The maximum atomic E-state index is 12.7. The summed E-state index contributed by atoms with van der Waals surface area (Å²) in [6.07, 6.45) is 0. The molecule has 0 aliphatic heterocycles. The summed E-state index contributed by atoms with van der Waals surface area (Å²) in [4.78, 5) is 12.7. The number of carbonyl (C=O) groups excluding carboxylic acids is 1. The largest absolute Gasteiger partial charge is 0.494 e. The molecule has 0 aliphatic rings. The van der Waals surface area contributed by atoms with E-state index in [1.54, 1.807) is 18.2 Å². The van der Waals surface area contributed by atoms with Crippen LogP contribution in [-0.4, -0.2) is 19.1 Å². The number of carbonyl (C=O) groups is 1. The van der Waals surface area contributed by atoms with Gasteiger partial charge in [0.2, 0.25) is 0 Å². The lowest BCUT2D eigenvalue weighted by molar-refractivity contribution is 0.102. The summed E-state index contributed by atoms with van der Waals surface area (Å²) in [5.41, 5.74) is 2.43. The Labute approximate surface area is 143 Å². The minimum Gasteiger partial charge on any atom is -0.494 e. The molecule has 0 aromatic heterocycles. The van der Waals surface area contributed by atoms with E-state index in [0.29, 0.717) is 36.2 Å². The molecule has 2 aromatic carbocycles. The molecule has 4 nitrogen and oxygen atoms in total. The van der Waals surface area contributed by atoms with Gasteiger partial charge in [-0.2, -0.15) is 0 Å². The maximum absolute atomic E-state index is 12.7. The van der Waals surface area contributed by atoms with Gasteiger partial charge in [0.05, 0.1) is 18.8 Å². The molecule has 0 atom stereocenters. The molecule has 1 N–H and O–H groups in total. The molecule has 0 fully saturated rings. The molecule has 2 rings (SSSR count). The number of anilines is 1. The third kappa shape index (κ3) is 4.28. The van der Waals surface area contributed by atoms with Gasteiger partial charge in [0, 0.05) is 11.8 Å². The third-order valence-electron chi connectivity index (χ3n) is 3.64. The highest BCUT2D eigenvalue weighted by Crippen LogP contribution is 2.28. The van der Waals surface area contributed by atoms with E-state index in [2.05, 4.69) is 19.2 Å². The van der Waals surface area contributed by atoms with Crippen molar-refractivity contribution in [2.45, 2.75) is 33.6 Å². The van der Waals surface area contributed by atoms with Crippen LogP contribution in [0.25, 0.3) is 0 Å². The zero-order valence-electron chi connectivity index (χ0n) is 14.8. The monoisotopic (exact) mass is 327 g/mol. The normalized spacial score (nSPS) is 10.5. The fraction of sp³-hybridized carbons (Fsp3) is 0.350. The van der Waals surface area contributed by atoms with Crippen LogP contribution in [0.2, 0.25) is 0 Å². The van der Waals surface area contributed by atoms with E-state index in [1.807, 2.05) is 38.1 Å². The van der Waals surface area contributed by atoms with Crippen molar-refractivity contribution in [3.63, 3.8) is 0 Å². The van der Waals surface area contributed by atoms with Crippen molar-refractivity contribution < 1.29 is 14.3 Å². The van der Waals surface area contributed by atoms with Gasteiger partial charge in [-0.3, -0.25) is 4.79 Å². The van der Waals surface area contributed by atoms with Crippen molar-refractivity contribution in [3.8, 4) is 11.5 Å².